The van der Waals surface area contributed by atoms with Gasteiger partial charge in [0.05, 0.1) is 23.2 Å². The summed E-state index contributed by atoms with van der Waals surface area (Å²) in [5, 5.41) is 0.365. The maximum Gasteiger partial charge on any atom is 0.189 e. The van der Waals surface area contributed by atoms with Gasteiger partial charge in [-0.05, 0) is 42.8 Å². The van der Waals surface area contributed by atoms with Crippen LogP contribution in [0.3, 0.4) is 0 Å². The van der Waals surface area contributed by atoms with Gasteiger partial charge in [0.2, 0.25) is 0 Å². The molecule has 2 heterocycles. The van der Waals surface area contributed by atoms with E-state index in [0.29, 0.717) is 5.02 Å². The first-order chi connectivity index (χ1) is 13.3. The molecular weight excluding hydrogens is 412 g/mol. The van der Waals surface area contributed by atoms with E-state index in [2.05, 4.69) is 0 Å². The van der Waals surface area contributed by atoms with E-state index in [-0.39, 0.29) is 42.4 Å². The first-order valence-corrected chi connectivity index (χ1v) is 10.6. The fraction of sp³-hybridized carbons (Fsp3) is 0.368. The van der Waals surface area contributed by atoms with Crippen LogP contribution in [0.15, 0.2) is 41.3 Å². The SMILES string of the molecule is NCC1OCCC2(S(=O)(=O)c3ccc(Cl)cc3)c3c(F)ccc(F)c3OCC12. The molecule has 0 aliphatic carbocycles. The highest BCUT2D eigenvalue weighted by Gasteiger charge is 2.61. The summed E-state index contributed by atoms with van der Waals surface area (Å²) < 4.78 is 66.5. The zero-order chi connectivity index (χ0) is 20.1. The highest BCUT2D eigenvalue weighted by Crippen LogP contribution is 2.55. The molecule has 0 spiro atoms. The Morgan fingerprint density at radius 3 is 2.50 bits per heavy atom. The van der Waals surface area contributed by atoms with Crippen molar-refractivity contribution in [3.8, 4) is 5.75 Å². The number of fused-ring (bicyclic) bond motifs is 3. The summed E-state index contributed by atoms with van der Waals surface area (Å²) in [6, 6.07) is 7.47. The maximum absolute atomic E-state index is 15.0. The molecule has 0 radical (unpaired) electrons. The van der Waals surface area contributed by atoms with Gasteiger partial charge in [0.1, 0.15) is 10.6 Å². The van der Waals surface area contributed by atoms with Gasteiger partial charge in [-0.3, -0.25) is 0 Å². The van der Waals surface area contributed by atoms with Crippen molar-refractivity contribution in [2.24, 2.45) is 11.7 Å². The van der Waals surface area contributed by atoms with Gasteiger partial charge >= 0.3 is 0 Å². The van der Waals surface area contributed by atoms with Crippen LogP contribution in [0.1, 0.15) is 12.0 Å². The van der Waals surface area contributed by atoms with E-state index in [9.17, 15) is 12.8 Å². The Balaban J connectivity index is 2.04. The number of ether oxygens (including phenoxy) is 2. The highest BCUT2D eigenvalue weighted by atomic mass is 35.5. The Morgan fingerprint density at radius 2 is 1.82 bits per heavy atom. The van der Waals surface area contributed by atoms with Crippen LogP contribution in [0.25, 0.3) is 0 Å². The number of rotatable bonds is 3. The Labute approximate surface area is 166 Å². The van der Waals surface area contributed by atoms with Crippen molar-refractivity contribution >= 4 is 21.4 Å². The molecule has 2 aliphatic heterocycles. The predicted molar refractivity (Wildman–Crippen MR) is 99.1 cm³/mol. The summed E-state index contributed by atoms with van der Waals surface area (Å²) in [5.41, 5.74) is 5.51. The fourth-order valence-corrected chi connectivity index (χ4v) is 6.75. The van der Waals surface area contributed by atoms with Gasteiger partial charge in [0, 0.05) is 24.1 Å². The molecule has 2 aromatic carbocycles. The fourth-order valence-electron chi connectivity index (χ4n) is 4.28. The van der Waals surface area contributed by atoms with Gasteiger partial charge in [-0.15, -0.1) is 0 Å². The number of nitrogens with two attached hydrogens (primary N) is 1. The van der Waals surface area contributed by atoms with Crippen molar-refractivity contribution in [3.05, 3.63) is 58.6 Å². The van der Waals surface area contributed by atoms with Gasteiger partial charge in [-0.1, -0.05) is 11.6 Å². The molecule has 3 unspecified atom stereocenters. The van der Waals surface area contributed by atoms with E-state index >= 15 is 4.39 Å². The zero-order valence-corrected chi connectivity index (χ0v) is 16.3. The first kappa shape index (κ1) is 19.6. The van der Waals surface area contributed by atoms with Crippen LogP contribution in [0.2, 0.25) is 5.02 Å². The first-order valence-electron chi connectivity index (χ1n) is 8.76. The third-order valence-electron chi connectivity index (χ3n) is 5.58. The van der Waals surface area contributed by atoms with Crippen molar-refractivity contribution < 1.29 is 26.7 Å². The van der Waals surface area contributed by atoms with Crippen LogP contribution >= 0.6 is 11.6 Å². The van der Waals surface area contributed by atoms with Crippen LogP contribution < -0.4 is 10.5 Å². The molecule has 1 fully saturated rings. The van der Waals surface area contributed by atoms with Gasteiger partial charge in [0.15, 0.2) is 21.4 Å². The van der Waals surface area contributed by atoms with Crippen molar-refractivity contribution in [3.63, 3.8) is 0 Å². The molecule has 5 nitrogen and oxygen atoms in total. The lowest BCUT2D eigenvalue weighted by atomic mass is 9.76. The number of sulfone groups is 1. The average Bonchev–Trinajstić information content (AvgIpc) is 2.69. The van der Waals surface area contributed by atoms with E-state index in [4.69, 9.17) is 26.8 Å². The Hall–Kier alpha value is -1.74. The minimum absolute atomic E-state index is 0.0260. The lowest BCUT2D eigenvalue weighted by Crippen LogP contribution is -2.59. The van der Waals surface area contributed by atoms with Crippen LogP contribution in [0.5, 0.6) is 5.75 Å². The zero-order valence-electron chi connectivity index (χ0n) is 14.7. The van der Waals surface area contributed by atoms with Crippen LogP contribution in [-0.2, 0) is 19.3 Å². The molecule has 28 heavy (non-hydrogen) atoms. The second-order valence-corrected chi connectivity index (χ2v) is 9.54. The smallest absolute Gasteiger partial charge is 0.189 e. The van der Waals surface area contributed by atoms with E-state index in [1.54, 1.807) is 0 Å². The van der Waals surface area contributed by atoms with Crippen molar-refractivity contribution in [2.75, 3.05) is 19.8 Å². The number of hydrogen-bond donors (Lipinski definition) is 1. The summed E-state index contributed by atoms with van der Waals surface area (Å²) >= 11 is 5.89. The molecule has 0 saturated carbocycles. The summed E-state index contributed by atoms with van der Waals surface area (Å²) in [6.45, 7) is -0.0825. The van der Waals surface area contributed by atoms with E-state index in [1.165, 1.54) is 24.3 Å². The topological polar surface area (TPSA) is 78.6 Å². The summed E-state index contributed by atoms with van der Waals surface area (Å²) in [5.74, 6) is -2.81. The third-order valence-corrected chi connectivity index (χ3v) is 8.39. The summed E-state index contributed by atoms with van der Waals surface area (Å²) in [7, 11) is -4.18. The number of halogens is 3. The minimum atomic E-state index is -4.18. The molecule has 4 rings (SSSR count). The molecule has 0 bridgehead atoms. The predicted octanol–water partition coefficient (Wildman–Crippen LogP) is 3.04. The Kier molecular flexibility index (Phi) is 4.86. The highest BCUT2D eigenvalue weighted by molar-refractivity contribution is 7.92. The van der Waals surface area contributed by atoms with Crippen LogP contribution in [-0.4, -0.2) is 34.3 Å². The third kappa shape index (κ3) is 2.66. The second kappa shape index (κ2) is 6.95. The lowest BCUT2D eigenvalue weighted by molar-refractivity contribution is -0.0672. The van der Waals surface area contributed by atoms with Gasteiger partial charge in [-0.2, -0.15) is 0 Å². The molecule has 9 heteroatoms. The lowest BCUT2D eigenvalue weighted by Gasteiger charge is -2.49. The molecule has 3 atom stereocenters. The van der Waals surface area contributed by atoms with Gasteiger partial charge in [0.25, 0.3) is 0 Å². The normalized spacial score (nSPS) is 26.9. The van der Waals surface area contributed by atoms with Crippen LogP contribution in [0, 0.1) is 17.6 Å². The molecule has 2 aliphatic rings. The minimum Gasteiger partial charge on any atom is -0.490 e. The molecule has 150 valence electrons. The summed E-state index contributed by atoms with van der Waals surface area (Å²) in [6.07, 6.45) is -0.720. The average molecular weight is 430 g/mol. The molecule has 0 amide bonds. The molecular formula is C19H18ClF2NO4S. The molecule has 2 aromatic rings. The second-order valence-electron chi connectivity index (χ2n) is 6.89. The largest absolute Gasteiger partial charge is 0.490 e. The number of benzene rings is 2. The van der Waals surface area contributed by atoms with E-state index < -0.39 is 38.2 Å². The maximum atomic E-state index is 15.0. The van der Waals surface area contributed by atoms with Crippen molar-refractivity contribution in [1.82, 2.24) is 0 Å². The quantitative estimate of drug-likeness (QED) is 0.811. The van der Waals surface area contributed by atoms with Crippen molar-refractivity contribution in [1.29, 1.82) is 0 Å². The Bertz CT molecular complexity index is 1020. The van der Waals surface area contributed by atoms with Gasteiger partial charge < -0.3 is 15.2 Å². The standard InChI is InChI=1S/C19H18ClF2NO4S/c20-11-1-3-12(4-2-11)28(24,25)19-7-8-26-16(9-23)13(19)10-27-18-15(22)6-5-14(21)17(18)19/h1-6,13,16H,7-10,23H2. The van der Waals surface area contributed by atoms with E-state index in [0.717, 1.165) is 12.1 Å². The Morgan fingerprint density at radius 1 is 1.14 bits per heavy atom. The molecule has 1 saturated heterocycles. The van der Waals surface area contributed by atoms with Crippen LogP contribution in [0.4, 0.5) is 8.78 Å². The van der Waals surface area contributed by atoms with Crippen molar-refractivity contribution in [2.45, 2.75) is 22.2 Å². The molecule has 0 aromatic heterocycles. The summed E-state index contributed by atoms with van der Waals surface area (Å²) in [4.78, 5) is -0.0314. The van der Waals surface area contributed by atoms with Gasteiger partial charge in [-0.25, -0.2) is 17.2 Å². The monoisotopic (exact) mass is 429 g/mol. The molecule has 2 N–H and O–H groups in total. The van der Waals surface area contributed by atoms with E-state index in [1.807, 2.05) is 0 Å². The number of hydrogen-bond acceptors (Lipinski definition) is 5.